The Labute approximate surface area is 92.8 Å². The summed E-state index contributed by atoms with van der Waals surface area (Å²) < 4.78 is 0. The van der Waals surface area contributed by atoms with E-state index in [1.165, 1.54) is 32.1 Å². The predicted octanol–water partition coefficient (Wildman–Crippen LogP) is 4.11. The Balaban J connectivity index is 1.88. The largest absolute Gasteiger partial charge is 0.0808 e. The SMILES string of the molecule is C1=CC=CC2C(C=C1)CCC1CCCC12. The van der Waals surface area contributed by atoms with Crippen molar-refractivity contribution in [3.8, 4) is 0 Å². The van der Waals surface area contributed by atoms with Gasteiger partial charge in [-0.2, -0.15) is 0 Å². The summed E-state index contributed by atoms with van der Waals surface area (Å²) in [6.07, 6.45) is 21.1. The van der Waals surface area contributed by atoms with Gasteiger partial charge in [0.2, 0.25) is 0 Å². The van der Waals surface area contributed by atoms with Crippen LogP contribution in [0.3, 0.4) is 0 Å². The summed E-state index contributed by atoms with van der Waals surface area (Å²) in [4.78, 5) is 0. The molecule has 3 aliphatic carbocycles. The quantitative estimate of drug-likeness (QED) is 0.552. The first-order valence-corrected chi connectivity index (χ1v) is 6.47. The average Bonchev–Trinajstić information content (AvgIpc) is 2.65. The average molecular weight is 200 g/mol. The number of hydrogen-bond acceptors (Lipinski definition) is 0. The molecule has 80 valence electrons. The minimum atomic E-state index is 0.825. The minimum Gasteiger partial charge on any atom is -0.0808 e. The minimum absolute atomic E-state index is 0.825. The van der Waals surface area contributed by atoms with Crippen LogP contribution in [0.4, 0.5) is 0 Å². The summed E-state index contributed by atoms with van der Waals surface area (Å²) in [5.74, 6) is 3.71. The number of allylic oxidation sites excluding steroid dienone is 6. The van der Waals surface area contributed by atoms with Gasteiger partial charge in [-0.3, -0.25) is 0 Å². The lowest BCUT2D eigenvalue weighted by Crippen LogP contribution is -2.29. The van der Waals surface area contributed by atoms with Crippen LogP contribution in [-0.4, -0.2) is 0 Å². The van der Waals surface area contributed by atoms with Crippen molar-refractivity contribution in [2.45, 2.75) is 32.1 Å². The van der Waals surface area contributed by atoms with Crippen LogP contribution in [-0.2, 0) is 0 Å². The van der Waals surface area contributed by atoms with Gasteiger partial charge in [-0.15, -0.1) is 0 Å². The molecule has 0 bridgehead atoms. The van der Waals surface area contributed by atoms with Gasteiger partial charge in [0.1, 0.15) is 0 Å². The van der Waals surface area contributed by atoms with Gasteiger partial charge in [0, 0.05) is 0 Å². The van der Waals surface area contributed by atoms with E-state index in [1.54, 1.807) is 0 Å². The van der Waals surface area contributed by atoms with E-state index in [0.717, 1.165) is 23.7 Å². The lowest BCUT2D eigenvalue weighted by Gasteiger charge is -2.37. The van der Waals surface area contributed by atoms with Crippen molar-refractivity contribution in [2.75, 3.05) is 0 Å². The van der Waals surface area contributed by atoms with Crippen LogP contribution in [0, 0.1) is 23.7 Å². The summed E-state index contributed by atoms with van der Waals surface area (Å²) in [5.41, 5.74) is 0. The maximum absolute atomic E-state index is 2.48. The Morgan fingerprint density at radius 2 is 1.60 bits per heavy atom. The third-order valence-corrected chi connectivity index (χ3v) is 4.60. The first-order valence-electron chi connectivity index (χ1n) is 6.47. The second kappa shape index (κ2) is 4.00. The maximum Gasteiger partial charge on any atom is -0.0136 e. The molecule has 0 heteroatoms. The normalized spacial score (nSPS) is 43.2. The fourth-order valence-electron chi connectivity index (χ4n) is 3.88. The molecule has 0 nitrogen and oxygen atoms in total. The van der Waals surface area contributed by atoms with Gasteiger partial charge in [0.15, 0.2) is 0 Å². The fraction of sp³-hybridized carbons (Fsp3) is 0.600. The molecule has 4 unspecified atom stereocenters. The molecular formula is C15H20. The topological polar surface area (TPSA) is 0 Å². The van der Waals surface area contributed by atoms with Crippen molar-refractivity contribution in [3.63, 3.8) is 0 Å². The molecule has 3 aliphatic rings. The van der Waals surface area contributed by atoms with Crippen molar-refractivity contribution in [1.82, 2.24) is 0 Å². The molecule has 2 saturated carbocycles. The molecular weight excluding hydrogens is 180 g/mol. The summed E-state index contributed by atoms with van der Waals surface area (Å²) in [6, 6.07) is 0. The third-order valence-electron chi connectivity index (χ3n) is 4.60. The Bertz CT molecular complexity index is 308. The molecule has 0 aliphatic heterocycles. The van der Waals surface area contributed by atoms with E-state index in [0.29, 0.717) is 0 Å². The van der Waals surface area contributed by atoms with Crippen LogP contribution in [0.25, 0.3) is 0 Å². The summed E-state index contributed by atoms with van der Waals surface area (Å²) in [6.45, 7) is 0. The second-order valence-electron chi connectivity index (χ2n) is 5.33. The number of fused-ring (bicyclic) bond motifs is 3. The Morgan fingerprint density at radius 3 is 2.53 bits per heavy atom. The molecule has 3 rings (SSSR count). The lowest BCUT2D eigenvalue weighted by atomic mass is 9.67. The molecule has 0 saturated heterocycles. The molecule has 0 radical (unpaired) electrons. The Hall–Kier alpha value is -0.780. The maximum atomic E-state index is 2.48. The van der Waals surface area contributed by atoms with E-state index in [-0.39, 0.29) is 0 Å². The predicted molar refractivity (Wildman–Crippen MR) is 64.5 cm³/mol. The molecule has 0 heterocycles. The standard InChI is InChI=1S/C15H20/c1-2-4-8-14-12(6-3-1)10-11-13-7-5-9-15(13)14/h1-4,6,8,12-15H,5,7,9-11H2. The van der Waals surface area contributed by atoms with Gasteiger partial charge in [-0.25, -0.2) is 0 Å². The van der Waals surface area contributed by atoms with Crippen molar-refractivity contribution < 1.29 is 0 Å². The molecule has 0 aromatic heterocycles. The molecule has 0 aromatic rings. The summed E-state index contributed by atoms with van der Waals surface area (Å²) in [5, 5.41) is 0. The third kappa shape index (κ3) is 1.71. The zero-order valence-corrected chi connectivity index (χ0v) is 9.31. The van der Waals surface area contributed by atoms with Crippen molar-refractivity contribution in [1.29, 1.82) is 0 Å². The van der Waals surface area contributed by atoms with Gasteiger partial charge < -0.3 is 0 Å². The molecule has 0 N–H and O–H groups in total. The van der Waals surface area contributed by atoms with Gasteiger partial charge in [0.05, 0.1) is 0 Å². The van der Waals surface area contributed by atoms with Crippen LogP contribution in [0.2, 0.25) is 0 Å². The van der Waals surface area contributed by atoms with Crippen LogP contribution >= 0.6 is 0 Å². The van der Waals surface area contributed by atoms with Crippen LogP contribution in [0.5, 0.6) is 0 Å². The highest BCUT2D eigenvalue weighted by molar-refractivity contribution is 5.19. The van der Waals surface area contributed by atoms with Gasteiger partial charge >= 0.3 is 0 Å². The fourth-order valence-corrected chi connectivity index (χ4v) is 3.88. The smallest absolute Gasteiger partial charge is 0.0136 e. The van der Waals surface area contributed by atoms with E-state index in [4.69, 9.17) is 0 Å². The van der Waals surface area contributed by atoms with Crippen molar-refractivity contribution >= 4 is 0 Å². The van der Waals surface area contributed by atoms with Crippen LogP contribution in [0.1, 0.15) is 32.1 Å². The van der Waals surface area contributed by atoms with Crippen LogP contribution < -0.4 is 0 Å². The molecule has 0 aromatic carbocycles. The van der Waals surface area contributed by atoms with E-state index in [2.05, 4.69) is 36.5 Å². The monoisotopic (exact) mass is 200 g/mol. The molecule has 0 spiro atoms. The summed E-state index contributed by atoms with van der Waals surface area (Å²) >= 11 is 0. The van der Waals surface area contributed by atoms with Gasteiger partial charge in [-0.05, 0) is 42.9 Å². The molecule has 4 atom stereocenters. The molecule has 2 fully saturated rings. The highest BCUT2D eigenvalue weighted by atomic mass is 14.4. The first kappa shape index (κ1) is 9.45. The molecule has 0 amide bonds. The highest BCUT2D eigenvalue weighted by Crippen LogP contribution is 2.48. The Kier molecular flexibility index (Phi) is 2.52. The highest BCUT2D eigenvalue weighted by Gasteiger charge is 2.39. The van der Waals surface area contributed by atoms with E-state index in [9.17, 15) is 0 Å². The van der Waals surface area contributed by atoms with Crippen molar-refractivity contribution in [3.05, 3.63) is 36.5 Å². The number of hydrogen-bond donors (Lipinski definition) is 0. The lowest BCUT2D eigenvalue weighted by molar-refractivity contribution is 0.175. The van der Waals surface area contributed by atoms with Gasteiger partial charge in [0.25, 0.3) is 0 Å². The Morgan fingerprint density at radius 1 is 0.733 bits per heavy atom. The van der Waals surface area contributed by atoms with E-state index >= 15 is 0 Å². The summed E-state index contributed by atoms with van der Waals surface area (Å²) in [7, 11) is 0. The van der Waals surface area contributed by atoms with E-state index in [1.807, 2.05) is 0 Å². The van der Waals surface area contributed by atoms with Crippen LogP contribution in [0.15, 0.2) is 36.5 Å². The molecule has 15 heavy (non-hydrogen) atoms. The van der Waals surface area contributed by atoms with E-state index < -0.39 is 0 Å². The zero-order valence-electron chi connectivity index (χ0n) is 9.31. The second-order valence-corrected chi connectivity index (χ2v) is 5.33. The first-order chi connectivity index (χ1) is 7.45. The van der Waals surface area contributed by atoms with Crippen molar-refractivity contribution in [2.24, 2.45) is 23.7 Å². The van der Waals surface area contributed by atoms with Gasteiger partial charge in [-0.1, -0.05) is 49.3 Å². The number of rotatable bonds is 0. The zero-order chi connectivity index (χ0) is 10.1.